The lowest BCUT2D eigenvalue weighted by molar-refractivity contribution is -0.385. The first-order valence-corrected chi connectivity index (χ1v) is 6.77. The van der Waals surface area contributed by atoms with Crippen LogP contribution in [0.4, 0.5) is 11.4 Å². The van der Waals surface area contributed by atoms with Gasteiger partial charge in [0.05, 0.1) is 30.2 Å². The minimum Gasteiger partial charge on any atom is -0.490 e. The van der Waals surface area contributed by atoms with Crippen molar-refractivity contribution in [3.63, 3.8) is 0 Å². The molecule has 1 unspecified atom stereocenters. The fourth-order valence-electron chi connectivity index (χ4n) is 2.36. The van der Waals surface area contributed by atoms with Gasteiger partial charge < -0.3 is 14.4 Å². The predicted octanol–water partition coefficient (Wildman–Crippen LogP) is 1.52. The van der Waals surface area contributed by atoms with Gasteiger partial charge in [0.2, 0.25) is 5.91 Å². The molecule has 1 atom stereocenters. The topological polar surface area (TPSA) is 99.0 Å². The minimum atomic E-state index is -0.578. The average Bonchev–Trinajstić information content (AvgIpc) is 2.89. The summed E-state index contributed by atoms with van der Waals surface area (Å²) >= 11 is 0. The number of rotatable bonds is 5. The van der Waals surface area contributed by atoms with Crippen LogP contribution in [0.25, 0.3) is 0 Å². The van der Waals surface area contributed by atoms with Crippen LogP contribution in [-0.2, 0) is 14.3 Å². The zero-order valence-corrected chi connectivity index (χ0v) is 12.3. The van der Waals surface area contributed by atoms with Crippen LogP contribution in [0, 0.1) is 16.0 Å². The van der Waals surface area contributed by atoms with Crippen molar-refractivity contribution in [3.05, 3.63) is 28.3 Å². The van der Waals surface area contributed by atoms with Gasteiger partial charge in [-0.05, 0) is 19.1 Å². The highest BCUT2D eigenvalue weighted by Gasteiger charge is 2.36. The van der Waals surface area contributed by atoms with E-state index in [1.165, 1.54) is 24.1 Å². The molecule has 1 aromatic rings. The standard InChI is InChI=1S/C14H16N2O6/c1-3-22-14(18)9-6-13(17)15(8-9)10-4-5-12(21-2)11(7-10)16(19)20/h4-5,7,9H,3,6,8H2,1-2H3. The summed E-state index contributed by atoms with van der Waals surface area (Å²) in [6.45, 7) is 2.10. The Hall–Kier alpha value is -2.64. The molecule has 0 aliphatic carbocycles. The average molecular weight is 308 g/mol. The van der Waals surface area contributed by atoms with E-state index in [2.05, 4.69) is 0 Å². The van der Waals surface area contributed by atoms with Crippen molar-refractivity contribution >= 4 is 23.3 Å². The zero-order valence-electron chi connectivity index (χ0n) is 12.3. The van der Waals surface area contributed by atoms with Crippen LogP contribution in [0.15, 0.2) is 18.2 Å². The number of nitro groups is 1. The Labute approximate surface area is 126 Å². The fourth-order valence-corrected chi connectivity index (χ4v) is 2.36. The highest BCUT2D eigenvalue weighted by atomic mass is 16.6. The van der Waals surface area contributed by atoms with Gasteiger partial charge in [0, 0.05) is 19.0 Å². The van der Waals surface area contributed by atoms with Gasteiger partial charge in [0.1, 0.15) is 0 Å². The lowest BCUT2D eigenvalue weighted by Crippen LogP contribution is -2.26. The van der Waals surface area contributed by atoms with E-state index in [0.29, 0.717) is 5.69 Å². The van der Waals surface area contributed by atoms with Crippen LogP contribution >= 0.6 is 0 Å². The number of carbonyl (C=O) groups excluding carboxylic acids is 2. The number of amides is 1. The largest absolute Gasteiger partial charge is 0.490 e. The summed E-state index contributed by atoms with van der Waals surface area (Å²) in [7, 11) is 1.33. The molecule has 1 saturated heterocycles. The molecule has 8 heteroatoms. The van der Waals surface area contributed by atoms with Crippen LogP contribution in [0.5, 0.6) is 5.75 Å². The van der Waals surface area contributed by atoms with Gasteiger partial charge >= 0.3 is 11.7 Å². The van der Waals surface area contributed by atoms with Gasteiger partial charge in [0.25, 0.3) is 0 Å². The first-order valence-electron chi connectivity index (χ1n) is 6.77. The number of benzene rings is 1. The number of esters is 1. The van der Waals surface area contributed by atoms with Gasteiger partial charge in [-0.1, -0.05) is 0 Å². The van der Waals surface area contributed by atoms with E-state index in [1.54, 1.807) is 13.0 Å². The molecule has 0 N–H and O–H groups in total. The summed E-state index contributed by atoms with van der Waals surface area (Å²) in [4.78, 5) is 35.6. The molecule has 2 rings (SSSR count). The van der Waals surface area contributed by atoms with Crippen LogP contribution in [0.1, 0.15) is 13.3 Å². The summed E-state index contributed by atoms with van der Waals surface area (Å²) in [6.07, 6.45) is 0.0403. The number of hydrogen-bond donors (Lipinski definition) is 0. The molecule has 1 heterocycles. The second-order valence-electron chi connectivity index (χ2n) is 4.77. The summed E-state index contributed by atoms with van der Waals surface area (Å²) in [5.74, 6) is -1.13. The number of anilines is 1. The van der Waals surface area contributed by atoms with Crippen molar-refractivity contribution < 1.29 is 24.0 Å². The molecule has 118 valence electrons. The molecule has 1 aliphatic heterocycles. The molecule has 0 aromatic heterocycles. The summed E-state index contributed by atoms with van der Waals surface area (Å²) < 4.78 is 9.83. The van der Waals surface area contributed by atoms with Crippen LogP contribution in [0.2, 0.25) is 0 Å². The van der Waals surface area contributed by atoms with Crippen molar-refractivity contribution in [1.29, 1.82) is 0 Å². The molecule has 1 aliphatic rings. The van der Waals surface area contributed by atoms with E-state index in [4.69, 9.17) is 9.47 Å². The third-order valence-corrected chi connectivity index (χ3v) is 3.42. The normalized spacial score (nSPS) is 17.5. The molecule has 22 heavy (non-hydrogen) atoms. The van der Waals surface area contributed by atoms with Gasteiger partial charge in [-0.2, -0.15) is 0 Å². The van der Waals surface area contributed by atoms with Gasteiger partial charge in [-0.15, -0.1) is 0 Å². The smallest absolute Gasteiger partial charge is 0.312 e. The SMILES string of the molecule is CCOC(=O)C1CC(=O)N(c2ccc(OC)c([N+](=O)[O-])c2)C1. The molecular weight excluding hydrogens is 292 g/mol. The van der Waals surface area contributed by atoms with E-state index in [-0.39, 0.29) is 36.9 Å². The molecule has 1 fully saturated rings. The molecule has 0 saturated carbocycles. The molecule has 1 aromatic carbocycles. The van der Waals surface area contributed by atoms with Gasteiger partial charge in [0.15, 0.2) is 5.75 Å². The lowest BCUT2D eigenvalue weighted by atomic mass is 10.1. The summed E-state index contributed by atoms with van der Waals surface area (Å²) in [5, 5.41) is 11.0. The van der Waals surface area contributed by atoms with E-state index < -0.39 is 16.8 Å². The molecular formula is C14H16N2O6. The van der Waals surface area contributed by atoms with E-state index in [0.717, 1.165) is 0 Å². The third kappa shape index (κ3) is 3.00. The zero-order chi connectivity index (χ0) is 16.3. The van der Waals surface area contributed by atoms with Crippen LogP contribution in [-0.4, -0.2) is 37.1 Å². The third-order valence-electron chi connectivity index (χ3n) is 3.42. The Morgan fingerprint density at radius 3 is 2.82 bits per heavy atom. The van der Waals surface area contributed by atoms with Crippen LogP contribution < -0.4 is 9.64 Å². The monoisotopic (exact) mass is 308 g/mol. The fraction of sp³-hybridized carbons (Fsp3) is 0.429. The first-order chi connectivity index (χ1) is 10.5. The molecule has 0 spiro atoms. The summed E-state index contributed by atoms with van der Waals surface area (Å²) in [6, 6.07) is 4.25. The van der Waals surface area contributed by atoms with Gasteiger partial charge in [-0.25, -0.2) is 0 Å². The van der Waals surface area contributed by atoms with Gasteiger partial charge in [-0.3, -0.25) is 19.7 Å². The quantitative estimate of drug-likeness (QED) is 0.464. The number of carbonyl (C=O) groups is 2. The van der Waals surface area contributed by atoms with Crippen molar-refractivity contribution in [1.82, 2.24) is 0 Å². The highest BCUT2D eigenvalue weighted by Crippen LogP contribution is 2.34. The summed E-state index contributed by atoms with van der Waals surface area (Å²) in [5.41, 5.74) is 0.136. The lowest BCUT2D eigenvalue weighted by Gasteiger charge is -2.16. The Bertz CT molecular complexity index is 615. The Balaban J connectivity index is 2.25. The van der Waals surface area contributed by atoms with E-state index in [1.807, 2.05) is 0 Å². The second kappa shape index (κ2) is 6.42. The molecule has 0 radical (unpaired) electrons. The number of hydrogen-bond acceptors (Lipinski definition) is 6. The maximum atomic E-state index is 12.0. The minimum absolute atomic E-state index is 0.0403. The van der Waals surface area contributed by atoms with Crippen molar-refractivity contribution in [2.75, 3.05) is 25.2 Å². The number of nitrogens with zero attached hydrogens (tertiary/aromatic N) is 2. The molecule has 1 amide bonds. The molecule has 8 nitrogen and oxygen atoms in total. The highest BCUT2D eigenvalue weighted by molar-refractivity contribution is 5.99. The van der Waals surface area contributed by atoms with Crippen molar-refractivity contribution in [2.24, 2.45) is 5.92 Å². The Morgan fingerprint density at radius 2 is 2.23 bits per heavy atom. The number of methoxy groups -OCH3 is 1. The maximum Gasteiger partial charge on any atom is 0.312 e. The van der Waals surface area contributed by atoms with Crippen molar-refractivity contribution in [3.8, 4) is 5.75 Å². The number of ether oxygens (including phenoxy) is 2. The van der Waals surface area contributed by atoms with E-state index in [9.17, 15) is 19.7 Å². The maximum absolute atomic E-state index is 12.0. The first kappa shape index (κ1) is 15.7. The predicted molar refractivity (Wildman–Crippen MR) is 76.7 cm³/mol. The Kier molecular flexibility index (Phi) is 4.59. The van der Waals surface area contributed by atoms with Crippen LogP contribution in [0.3, 0.4) is 0 Å². The second-order valence-corrected chi connectivity index (χ2v) is 4.77. The van der Waals surface area contributed by atoms with Crippen molar-refractivity contribution in [2.45, 2.75) is 13.3 Å². The van der Waals surface area contributed by atoms with E-state index >= 15 is 0 Å². The molecule has 0 bridgehead atoms. The number of nitro benzene ring substituents is 1. The Morgan fingerprint density at radius 1 is 1.50 bits per heavy atom.